The summed E-state index contributed by atoms with van der Waals surface area (Å²) in [5, 5.41) is 1.13. The summed E-state index contributed by atoms with van der Waals surface area (Å²) >= 11 is 0. The van der Waals surface area contributed by atoms with E-state index in [0.29, 0.717) is 12.5 Å². The van der Waals surface area contributed by atoms with Gasteiger partial charge in [-0.3, -0.25) is 4.79 Å². The minimum Gasteiger partial charge on any atom is -0.478 e. The summed E-state index contributed by atoms with van der Waals surface area (Å²) in [5.74, 6) is 0.290. The molecule has 0 atom stereocenters. The first-order valence-electron chi connectivity index (χ1n) is 8.87. The number of amides is 1. The van der Waals surface area contributed by atoms with Crippen molar-refractivity contribution in [2.24, 2.45) is 5.73 Å². The standard InChI is InChI=1S/C21H26N2O2/c22-20(24)14-8-6-4-2-1-3-5-7-11-17-25-21-16-15-18-12-9-10-13-19(18)23-21/h4,6,8-10,12-16H,1-3,5,7,11,17H2,(H2,22,24). The topological polar surface area (TPSA) is 65.2 Å². The van der Waals surface area contributed by atoms with Crippen LogP contribution in [-0.4, -0.2) is 17.5 Å². The van der Waals surface area contributed by atoms with E-state index in [1.165, 1.54) is 25.3 Å². The molecule has 4 nitrogen and oxygen atoms in total. The number of fused-ring (bicyclic) bond motifs is 1. The van der Waals surface area contributed by atoms with Gasteiger partial charge >= 0.3 is 0 Å². The van der Waals surface area contributed by atoms with Crippen molar-refractivity contribution >= 4 is 16.8 Å². The Kier molecular flexibility index (Phi) is 8.25. The molecule has 1 aromatic carbocycles. The third kappa shape index (κ3) is 7.66. The SMILES string of the molecule is NC(=O)C=CC=CCCCCCCCOc1ccc2ccccc2n1. The number of para-hydroxylation sites is 1. The average molecular weight is 338 g/mol. The molecule has 2 aromatic rings. The van der Waals surface area contributed by atoms with Gasteiger partial charge in [-0.15, -0.1) is 0 Å². The number of unbranched alkanes of at least 4 members (excludes halogenated alkanes) is 5. The van der Waals surface area contributed by atoms with Gasteiger partial charge in [0.05, 0.1) is 12.1 Å². The molecule has 2 rings (SSSR count). The summed E-state index contributed by atoms with van der Waals surface area (Å²) < 4.78 is 5.74. The van der Waals surface area contributed by atoms with Gasteiger partial charge in [-0.25, -0.2) is 4.98 Å². The number of carbonyl (C=O) groups excluding carboxylic acids is 1. The number of primary amides is 1. The largest absolute Gasteiger partial charge is 0.478 e. The number of hydrogen-bond donors (Lipinski definition) is 1. The molecular weight excluding hydrogens is 312 g/mol. The normalized spacial score (nSPS) is 11.5. The molecule has 1 heterocycles. The van der Waals surface area contributed by atoms with Crippen LogP contribution in [0.2, 0.25) is 0 Å². The molecule has 0 aliphatic carbocycles. The number of benzene rings is 1. The number of nitrogens with zero attached hydrogens (tertiary/aromatic N) is 1. The van der Waals surface area contributed by atoms with Crippen molar-refractivity contribution in [3.63, 3.8) is 0 Å². The molecule has 4 heteroatoms. The molecule has 0 saturated heterocycles. The highest BCUT2D eigenvalue weighted by Gasteiger charge is 1.98. The van der Waals surface area contributed by atoms with Crippen molar-refractivity contribution < 1.29 is 9.53 Å². The van der Waals surface area contributed by atoms with Gasteiger partial charge < -0.3 is 10.5 Å². The predicted molar refractivity (Wildman–Crippen MR) is 102 cm³/mol. The van der Waals surface area contributed by atoms with Crippen molar-refractivity contribution in [1.82, 2.24) is 4.98 Å². The summed E-state index contributed by atoms with van der Waals surface area (Å²) in [6.45, 7) is 0.711. The molecule has 1 aromatic heterocycles. The number of hydrogen-bond acceptors (Lipinski definition) is 3. The third-order valence-electron chi connectivity index (χ3n) is 3.85. The van der Waals surface area contributed by atoms with Crippen LogP contribution in [0.4, 0.5) is 0 Å². The van der Waals surface area contributed by atoms with Crippen LogP contribution in [-0.2, 0) is 4.79 Å². The van der Waals surface area contributed by atoms with E-state index in [1.807, 2.05) is 36.4 Å². The molecule has 0 unspecified atom stereocenters. The lowest BCUT2D eigenvalue weighted by molar-refractivity contribution is -0.113. The van der Waals surface area contributed by atoms with E-state index in [0.717, 1.165) is 30.2 Å². The smallest absolute Gasteiger partial charge is 0.241 e. The van der Waals surface area contributed by atoms with E-state index < -0.39 is 5.91 Å². The van der Waals surface area contributed by atoms with Gasteiger partial charge in [0, 0.05) is 17.5 Å². The lowest BCUT2D eigenvalue weighted by Gasteiger charge is -2.06. The monoisotopic (exact) mass is 338 g/mol. The fourth-order valence-corrected chi connectivity index (χ4v) is 2.52. The fourth-order valence-electron chi connectivity index (χ4n) is 2.52. The summed E-state index contributed by atoms with van der Waals surface area (Å²) in [6, 6.07) is 12.0. The van der Waals surface area contributed by atoms with Gasteiger partial charge in [0.2, 0.25) is 11.8 Å². The maximum atomic E-state index is 10.5. The lowest BCUT2D eigenvalue weighted by atomic mass is 10.1. The Hall–Kier alpha value is -2.62. The van der Waals surface area contributed by atoms with Gasteiger partial charge in [0.25, 0.3) is 0 Å². The number of rotatable bonds is 11. The fraction of sp³-hybridized carbons (Fsp3) is 0.333. The van der Waals surface area contributed by atoms with Crippen molar-refractivity contribution in [3.05, 3.63) is 60.7 Å². The van der Waals surface area contributed by atoms with E-state index >= 15 is 0 Å². The van der Waals surface area contributed by atoms with Gasteiger partial charge in [-0.2, -0.15) is 0 Å². The number of aromatic nitrogens is 1. The molecule has 0 aliphatic rings. The molecule has 1 amide bonds. The Labute approximate surface area is 149 Å². The highest BCUT2D eigenvalue weighted by atomic mass is 16.5. The van der Waals surface area contributed by atoms with Crippen LogP contribution in [0.25, 0.3) is 10.9 Å². The summed E-state index contributed by atoms with van der Waals surface area (Å²) in [6.07, 6.45) is 13.8. The zero-order chi connectivity index (χ0) is 17.7. The molecule has 132 valence electrons. The zero-order valence-corrected chi connectivity index (χ0v) is 14.6. The Balaban J connectivity index is 1.51. The van der Waals surface area contributed by atoms with Gasteiger partial charge in [0.15, 0.2) is 0 Å². The van der Waals surface area contributed by atoms with Crippen LogP contribution in [0.5, 0.6) is 5.88 Å². The molecule has 0 aliphatic heterocycles. The first-order chi connectivity index (χ1) is 12.3. The van der Waals surface area contributed by atoms with Gasteiger partial charge in [-0.05, 0) is 31.4 Å². The van der Waals surface area contributed by atoms with E-state index in [4.69, 9.17) is 10.5 Å². The van der Waals surface area contributed by atoms with Crippen LogP contribution in [0.15, 0.2) is 60.7 Å². The van der Waals surface area contributed by atoms with Gasteiger partial charge in [0.1, 0.15) is 0 Å². The van der Waals surface area contributed by atoms with Gasteiger partial charge in [-0.1, -0.05) is 55.7 Å². The van der Waals surface area contributed by atoms with E-state index in [9.17, 15) is 4.79 Å². The first kappa shape index (κ1) is 18.7. The third-order valence-corrected chi connectivity index (χ3v) is 3.85. The van der Waals surface area contributed by atoms with E-state index in [1.54, 1.807) is 6.08 Å². The average Bonchev–Trinajstić information content (AvgIpc) is 2.62. The van der Waals surface area contributed by atoms with Crippen molar-refractivity contribution in [2.75, 3.05) is 6.61 Å². The van der Waals surface area contributed by atoms with Crippen LogP contribution < -0.4 is 10.5 Å². The van der Waals surface area contributed by atoms with Crippen molar-refractivity contribution in [2.45, 2.75) is 38.5 Å². The van der Waals surface area contributed by atoms with E-state index in [-0.39, 0.29) is 0 Å². The molecule has 0 fully saturated rings. The second-order valence-corrected chi connectivity index (χ2v) is 5.94. The number of ether oxygens (including phenoxy) is 1. The Morgan fingerprint density at radius 1 is 1.00 bits per heavy atom. The minimum absolute atomic E-state index is 0.411. The quantitative estimate of drug-likeness (QED) is 0.371. The molecule has 0 spiro atoms. The van der Waals surface area contributed by atoms with E-state index in [2.05, 4.69) is 17.1 Å². The number of pyridine rings is 1. The first-order valence-corrected chi connectivity index (χ1v) is 8.87. The lowest BCUT2D eigenvalue weighted by Crippen LogP contribution is -2.04. The van der Waals surface area contributed by atoms with Crippen LogP contribution in [0.1, 0.15) is 38.5 Å². The summed E-state index contributed by atoms with van der Waals surface area (Å²) in [4.78, 5) is 15.0. The Morgan fingerprint density at radius 2 is 1.80 bits per heavy atom. The van der Waals surface area contributed by atoms with Crippen LogP contribution in [0.3, 0.4) is 0 Å². The maximum absolute atomic E-state index is 10.5. The van der Waals surface area contributed by atoms with Crippen LogP contribution >= 0.6 is 0 Å². The Morgan fingerprint density at radius 3 is 2.68 bits per heavy atom. The second-order valence-electron chi connectivity index (χ2n) is 5.94. The number of nitrogens with two attached hydrogens (primary N) is 1. The highest BCUT2D eigenvalue weighted by Crippen LogP contribution is 2.16. The predicted octanol–water partition coefficient (Wildman–Crippen LogP) is 4.55. The molecule has 0 radical (unpaired) electrons. The summed E-state index contributed by atoms with van der Waals surface area (Å²) in [7, 11) is 0. The molecule has 0 bridgehead atoms. The van der Waals surface area contributed by atoms with Crippen LogP contribution in [0, 0.1) is 0 Å². The molecule has 2 N–H and O–H groups in total. The molecule has 0 saturated carbocycles. The Bertz CT molecular complexity index is 723. The van der Waals surface area contributed by atoms with Crippen molar-refractivity contribution in [1.29, 1.82) is 0 Å². The number of allylic oxidation sites excluding steroid dienone is 3. The zero-order valence-electron chi connectivity index (χ0n) is 14.6. The molecule has 25 heavy (non-hydrogen) atoms. The van der Waals surface area contributed by atoms with Crippen molar-refractivity contribution in [3.8, 4) is 5.88 Å². The maximum Gasteiger partial charge on any atom is 0.241 e. The minimum atomic E-state index is -0.411. The summed E-state index contributed by atoms with van der Waals surface area (Å²) in [5.41, 5.74) is 5.97. The highest BCUT2D eigenvalue weighted by molar-refractivity contribution is 5.85. The number of carbonyl (C=O) groups is 1. The molecular formula is C21H26N2O2. The second kappa shape index (κ2) is 11.0.